The van der Waals surface area contributed by atoms with Crippen molar-refractivity contribution in [1.29, 1.82) is 0 Å². The number of benzene rings is 2. The van der Waals surface area contributed by atoms with E-state index in [0.717, 1.165) is 25.3 Å². The summed E-state index contributed by atoms with van der Waals surface area (Å²) < 4.78 is 12.1. The summed E-state index contributed by atoms with van der Waals surface area (Å²) in [7, 11) is 0. The summed E-state index contributed by atoms with van der Waals surface area (Å²) >= 11 is 3.65. The molecule has 7 nitrogen and oxygen atoms in total. The van der Waals surface area contributed by atoms with Crippen LogP contribution in [0.2, 0.25) is 0 Å². The van der Waals surface area contributed by atoms with Gasteiger partial charge in [-0.3, -0.25) is 9.69 Å². The Hall–Kier alpha value is -2.43. The molecule has 0 radical (unpaired) electrons. The summed E-state index contributed by atoms with van der Waals surface area (Å²) in [5.41, 5.74) is 3.00. The molecule has 9 heteroatoms. The first-order valence-electron chi connectivity index (χ1n) is 13.7. The van der Waals surface area contributed by atoms with Crippen molar-refractivity contribution in [3.05, 3.63) is 70.6 Å². The number of ether oxygens (including phenoxy) is 2. The second-order valence-electron chi connectivity index (χ2n) is 10.8. The van der Waals surface area contributed by atoms with Gasteiger partial charge in [0.25, 0.3) is 5.56 Å². The maximum atomic E-state index is 12.4. The number of aromatic amines is 1. The van der Waals surface area contributed by atoms with Gasteiger partial charge in [-0.2, -0.15) is 0 Å². The van der Waals surface area contributed by atoms with E-state index >= 15 is 0 Å². The third-order valence-electron chi connectivity index (χ3n) is 7.38. The molecule has 3 aliphatic rings. The Balaban J connectivity index is 1.15. The SMILES string of the molecule is CC(CN1C[C@@H](C)O[C@@H](C)C1)Nc1ccc2c(c1)Sc1cccc(C3CN(c4ccc[nH]c4=O)CCO3)c1S2. The van der Waals surface area contributed by atoms with Crippen LogP contribution in [0.4, 0.5) is 11.4 Å². The quantitative estimate of drug-likeness (QED) is 0.319. The molecule has 1 aromatic heterocycles. The molecule has 6 rings (SSSR count). The van der Waals surface area contributed by atoms with E-state index in [1.165, 1.54) is 25.1 Å². The van der Waals surface area contributed by atoms with Crippen LogP contribution in [0.15, 0.2) is 79.1 Å². The average molecular weight is 565 g/mol. The highest BCUT2D eigenvalue weighted by atomic mass is 32.2. The van der Waals surface area contributed by atoms with Gasteiger partial charge >= 0.3 is 0 Å². The monoisotopic (exact) mass is 564 g/mol. The maximum Gasteiger partial charge on any atom is 0.271 e. The average Bonchev–Trinajstić information content (AvgIpc) is 2.91. The second kappa shape index (κ2) is 11.6. The molecule has 206 valence electrons. The van der Waals surface area contributed by atoms with E-state index in [1.54, 1.807) is 6.20 Å². The summed E-state index contributed by atoms with van der Waals surface area (Å²) in [6.45, 7) is 11.5. The molecule has 0 spiro atoms. The van der Waals surface area contributed by atoms with Crippen LogP contribution < -0.4 is 15.8 Å². The number of anilines is 2. The summed E-state index contributed by atoms with van der Waals surface area (Å²) in [4.78, 5) is 24.9. The Kier molecular flexibility index (Phi) is 7.95. The van der Waals surface area contributed by atoms with Crippen LogP contribution in [0.5, 0.6) is 0 Å². The van der Waals surface area contributed by atoms with Crippen molar-refractivity contribution in [3.8, 4) is 0 Å². The van der Waals surface area contributed by atoms with Crippen LogP contribution in [0.3, 0.4) is 0 Å². The Morgan fingerprint density at radius 1 is 1.03 bits per heavy atom. The zero-order chi connectivity index (χ0) is 26.9. The molecule has 2 aromatic carbocycles. The highest BCUT2D eigenvalue weighted by molar-refractivity contribution is 8.05. The fourth-order valence-corrected chi connectivity index (χ4v) is 8.29. The Labute approximate surface area is 238 Å². The minimum atomic E-state index is -0.0876. The Morgan fingerprint density at radius 2 is 1.87 bits per heavy atom. The lowest BCUT2D eigenvalue weighted by Gasteiger charge is -2.37. The zero-order valence-corrected chi connectivity index (χ0v) is 24.3. The second-order valence-corrected chi connectivity index (χ2v) is 12.9. The molecule has 2 N–H and O–H groups in total. The molecule has 0 bridgehead atoms. The molecular weight excluding hydrogens is 528 g/mol. The number of pyridine rings is 1. The van der Waals surface area contributed by atoms with Gasteiger partial charge in [-0.05, 0) is 62.7 Å². The number of H-pyrrole nitrogens is 1. The lowest BCUT2D eigenvalue weighted by Crippen LogP contribution is -2.48. The standard InChI is InChI=1S/C30H36N4O3S2/c1-19(15-33-16-20(2)37-21(3)17-33)32-22-9-10-26-28(14-22)38-27-8-4-6-23(29(27)39-26)25-18-34(12-13-36-25)24-7-5-11-31-30(24)35/h4-11,14,19-21,25,32H,12-13,15-18H2,1-3H3,(H,31,35)/t19?,20-,21+,25?. The molecule has 2 unspecified atom stereocenters. The first kappa shape index (κ1) is 26.8. The number of nitrogens with zero attached hydrogens (tertiary/aromatic N) is 2. The van der Waals surface area contributed by atoms with Gasteiger partial charge in [0.05, 0.1) is 18.8 Å². The fraction of sp³-hybridized carbons (Fsp3) is 0.433. The number of hydrogen-bond acceptors (Lipinski definition) is 8. The summed E-state index contributed by atoms with van der Waals surface area (Å²) in [5.74, 6) is 0. The molecule has 2 saturated heterocycles. The minimum absolute atomic E-state index is 0.0557. The molecule has 2 fully saturated rings. The van der Waals surface area contributed by atoms with E-state index in [2.05, 4.69) is 77.3 Å². The van der Waals surface area contributed by atoms with Crippen molar-refractivity contribution in [2.75, 3.05) is 49.5 Å². The minimum Gasteiger partial charge on any atom is -0.381 e. The lowest BCUT2D eigenvalue weighted by atomic mass is 10.1. The van der Waals surface area contributed by atoms with Crippen molar-refractivity contribution < 1.29 is 9.47 Å². The number of hydrogen-bond donors (Lipinski definition) is 2. The van der Waals surface area contributed by atoms with Gasteiger partial charge in [0.1, 0.15) is 11.8 Å². The van der Waals surface area contributed by atoms with Crippen molar-refractivity contribution in [3.63, 3.8) is 0 Å². The van der Waals surface area contributed by atoms with E-state index in [1.807, 2.05) is 35.7 Å². The van der Waals surface area contributed by atoms with Crippen LogP contribution in [0.1, 0.15) is 32.4 Å². The summed E-state index contributed by atoms with van der Waals surface area (Å²) in [5, 5.41) is 3.72. The fourth-order valence-electron chi connectivity index (χ4n) is 5.84. The lowest BCUT2D eigenvalue weighted by molar-refractivity contribution is -0.0683. The molecule has 39 heavy (non-hydrogen) atoms. The van der Waals surface area contributed by atoms with Gasteiger partial charge in [-0.1, -0.05) is 35.7 Å². The topological polar surface area (TPSA) is 69.8 Å². The Bertz CT molecular complexity index is 1370. The molecule has 4 heterocycles. The van der Waals surface area contributed by atoms with Gasteiger partial charge in [-0.15, -0.1) is 0 Å². The highest BCUT2D eigenvalue weighted by Crippen LogP contribution is 2.51. The number of aromatic nitrogens is 1. The van der Waals surface area contributed by atoms with Crippen molar-refractivity contribution in [2.45, 2.75) is 64.7 Å². The normalized spacial score (nSPS) is 24.1. The van der Waals surface area contributed by atoms with Crippen LogP contribution in [-0.4, -0.2) is 67.5 Å². The van der Waals surface area contributed by atoms with E-state index < -0.39 is 0 Å². The molecule has 0 saturated carbocycles. The summed E-state index contributed by atoms with van der Waals surface area (Å²) in [6.07, 6.45) is 2.16. The van der Waals surface area contributed by atoms with Crippen LogP contribution >= 0.6 is 23.5 Å². The van der Waals surface area contributed by atoms with E-state index in [9.17, 15) is 4.79 Å². The number of nitrogens with one attached hydrogen (secondary N) is 2. The van der Waals surface area contributed by atoms with Crippen LogP contribution in [0.25, 0.3) is 0 Å². The van der Waals surface area contributed by atoms with Gasteiger partial charge in [-0.25, -0.2) is 0 Å². The molecule has 4 atom stereocenters. The van der Waals surface area contributed by atoms with Gasteiger partial charge in [0, 0.05) is 70.2 Å². The van der Waals surface area contributed by atoms with Gasteiger partial charge in [0.15, 0.2) is 0 Å². The first-order valence-corrected chi connectivity index (χ1v) is 15.4. The first-order chi connectivity index (χ1) is 18.9. The number of rotatable bonds is 6. The molecular formula is C30H36N4O3S2. The van der Waals surface area contributed by atoms with Gasteiger partial charge in [0.2, 0.25) is 0 Å². The predicted octanol–water partition coefficient (Wildman–Crippen LogP) is 5.48. The predicted molar refractivity (Wildman–Crippen MR) is 159 cm³/mol. The van der Waals surface area contributed by atoms with Crippen molar-refractivity contribution in [2.24, 2.45) is 0 Å². The molecule has 0 aliphatic carbocycles. The zero-order valence-electron chi connectivity index (χ0n) is 22.7. The highest BCUT2D eigenvalue weighted by Gasteiger charge is 2.29. The number of morpholine rings is 2. The summed E-state index contributed by atoms with van der Waals surface area (Å²) in [6, 6.07) is 17.3. The van der Waals surface area contributed by atoms with Crippen LogP contribution in [0, 0.1) is 0 Å². The van der Waals surface area contributed by atoms with E-state index in [-0.39, 0.29) is 23.9 Å². The Morgan fingerprint density at radius 3 is 2.69 bits per heavy atom. The molecule has 3 aromatic rings. The number of fused-ring (bicyclic) bond motifs is 2. The third kappa shape index (κ3) is 6.02. The molecule has 0 amide bonds. The maximum absolute atomic E-state index is 12.4. The molecule has 3 aliphatic heterocycles. The largest absolute Gasteiger partial charge is 0.381 e. The van der Waals surface area contributed by atoms with Crippen LogP contribution in [-0.2, 0) is 9.47 Å². The van der Waals surface area contributed by atoms with E-state index in [4.69, 9.17) is 9.47 Å². The van der Waals surface area contributed by atoms with Crippen molar-refractivity contribution >= 4 is 34.9 Å². The third-order valence-corrected chi connectivity index (χ3v) is 9.99. The van der Waals surface area contributed by atoms with Crippen molar-refractivity contribution in [1.82, 2.24) is 9.88 Å². The van der Waals surface area contributed by atoms with Gasteiger partial charge < -0.3 is 24.7 Å². The van der Waals surface area contributed by atoms with E-state index in [0.29, 0.717) is 31.4 Å². The smallest absolute Gasteiger partial charge is 0.271 e.